The molecule has 0 aromatic heterocycles. The van der Waals surface area contributed by atoms with Gasteiger partial charge in [-0.25, -0.2) is 4.39 Å². The quantitative estimate of drug-likeness (QED) is 0.822. The molecule has 2 nitrogen and oxygen atoms in total. The standard InChI is InChI=1S/C14H14FNO/c1-10-11(5-4-7-13(10)16)9-17-14-8-3-2-6-12(14)15/h2-8H,9,16H2,1H3. The molecule has 0 fully saturated rings. The third-order valence-corrected chi connectivity index (χ3v) is 2.71. The highest BCUT2D eigenvalue weighted by atomic mass is 19.1. The fraction of sp³-hybridized carbons (Fsp3) is 0.143. The number of hydrogen-bond acceptors (Lipinski definition) is 2. The van der Waals surface area contributed by atoms with Crippen molar-refractivity contribution in [2.75, 3.05) is 5.73 Å². The monoisotopic (exact) mass is 231 g/mol. The molecule has 17 heavy (non-hydrogen) atoms. The molecule has 0 aliphatic carbocycles. The van der Waals surface area contributed by atoms with Gasteiger partial charge in [-0.2, -0.15) is 0 Å². The third-order valence-electron chi connectivity index (χ3n) is 2.71. The second-order valence-electron chi connectivity index (χ2n) is 3.85. The van der Waals surface area contributed by atoms with Crippen LogP contribution in [0, 0.1) is 12.7 Å². The summed E-state index contributed by atoms with van der Waals surface area (Å²) >= 11 is 0. The molecule has 2 rings (SSSR count). The number of benzene rings is 2. The number of nitrogen functional groups attached to an aromatic ring is 1. The molecule has 0 saturated carbocycles. The lowest BCUT2D eigenvalue weighted by molar-refractivity contribution is 0.289. The van der Waals surface area contributed by atoms with Crippen molar-refractivity contribution in [2.24, 2.45) is 0 Å². The van der Waals surface area contributed by atoms with Crippen molar-refractivity contribution in [2.45, 2.75) is 13.5 Å². The fourth-order valence-electron chi connectivity index (χ4n) is 1.58. The van der Waals surface area contributed by atoms with Crippen molar-refractivity contribution in [3.8, 4) is 5.75 Å². The predicted molar refractivity (Wildman–Crippen MR) is 66.3 cm³/mol. The summed E-state index contributed by atoms with van der Waals surface area (Å²) in [4.78, 5) is 0. The van der Waals surface area contributed by atoms with Gasteiger partial charge in [0.25, 0.3) is 0 Å². The second-order valence-corrected chi connectivity index (χ2v) is 3.85. The molecule has 3 heteroatoms. The van der Waals surface area contributed by atoms with Crippen molar-refractivity contribution < 1.29 is 9.13 Å². The molecule has 0 unspecified atom stereocenters. The van der Waals surface area contributed by atoms with E-state index in [0.717, 1.165) is 16.8 Å². The number of nitrogens with two attached hydrogens (primary N) is 1. The minimum Gasteiger partial charge on any atom is -0.486 e. The van der Waals surface area contributed by atoms with E-state index in [2.05, 4.69) is 0 Å². The summed E-state index contributed by atoms with van der Waals surface area (Å²) in [5.74, 6) is -0.0941. The Labute approximate surface area is 99.8 Å². The van der Waals surface area contributed by atoms with E-state index in [9.17, 15) is 4.39 Å². The minimum atomic E-state index is -0.353. The predicted octanol–water partition coefficient (Wildman–Crippen LogP) is 3.30. The Hall–Kier alpha value is -2.03. The Morgan fingerprint density at radius 1 is 1.12 bits per heavy atom. The zero-order chi connectivity index (χ0) is 12.3. The fourth-order valence-corrected chi connectivity index (χ4v) is 1.58. The van der Waals surface area contributed by atoms with Crippen molar-refractivity contribution in [1.29, 1.82) is 0 Å². The third kappa shape index (κ3) is 2.56. The number of halogens is 1. The van der Waals surface area contributed by atoms with Crippen LogP contribution in [0.5, 0.6) is 5.75 Å². The molecule has 0 heterocycles. The van der Waals surface area contributed by atoms with E-state index in [1.807, 2.05) is 25.1 Å². The number of rotatable bonds is 3. The molecule has 0 radical (unpaired) electrons. The Bertz CT molecular complexity index is 525. The van der Waals surface area contributed by atoms with Gasteiger partial charge in [-0.15, -0.1) is 0 Å². The zero-order valence-electron chi connectivity index (χ0n) is 9.61. The first-order valence-electron chi connectivity index (χ1n) is 5.40. The van der Waals surface area contributed by atoms with Crippen molar-refractivity contribution in [3.05, 3.63) is 59.4 Å². The lowest BCUT2D eigenvalue weighted by atomic mass is 10.1. The normalized spacial score (nSPS) is 10.2. The van der Waals surface area contributed by atoms with Crippen LogP contribution in [-0.4, -0.2) is 0 Å². The highest BCUT2D eigenvalue weighted by molar-refractivity contribution is 5.49. The van der Waals surface area contributed by atoms with Crippen molar-refractivity contribution in [1.82, 2.24) is 0 Å². The van der Waals surface area contributed by atoms with Crippen LogP contribution in [0.25, 0.3) is 0 Å². The maximum Gasteiger partial charge on any atom is 0.165 e. The molecular formula is C14H14FNO. The maximum absolute atomic E-state index is 13.3. The average molecular weight is 231 g/mol. The van der Waals surface area contributed by atoms with Gasteiger partial charge in [0.15, 0.2) is 11.6 Å². The van der Waals surface area contributed by atoms with Crippen LogP contribution >= 0.6 is 0 Å². The topological polar surface area (TPSA) is 35.2 Å². The second kappa shape index (κ2) is 4.87. The van der Waals surface area contributed by atoms with E-state index in [0.29, 0.717) is 6.61 Å². The van der Waals surface area contributed by atoms with Crippen LogP contribution in [0.1, 0.15) is 11.1 Å². The number of ether oxygens (including phenoxy) is 1. The summed E-state index contributed by atoms with van der Waals surface area (Å²) < 4.78 is 18.8. The summed E-state index contributed by atoms with van der Waals surface area (Å²) in [6.07, 6.45) is 0. The molecular weight excluding hydrogens is 217 g/mol. The summed E-state index contributed by atoms with van der Waals surface area (Å²) in [5.41, 5.74) is 8.45. The number of para-hydroxylation sites is 1. The Kier molecular flexibility index (Phi) is 3.28. The van der Waals surface area contributed by atoms with Crippen LogP contribution in [0.15, 0.2) is 42.5 Å². The van der Waals surface area contributed by atoms with Gasteiger partial charge in [-0.05, 0) is 36.2 Å². The minimum absolute atomic E-state index is 0.259. The van der Waals surface area contributed by atoms with E-state index in [1.165, 1.54) is 6.07 Å². The average Bonchev–Trinajstić information content (AvgIpc) is 2.33. The highest BCUT2D eigenvalue weighted by Crippen LogP contribution is 2.20. The molecule has 0 aliphatic rings. The first-order valence-corrected chi connectivity index (χ1v) is 5.40. The zero-order valence-corrected chi connectivity index (χ0v) is 9.61. The number of anilines is 1. The van der Waals surface area contributed by atoms with Crippen LogP contribution in [0.2, 0.25) is 0 Å². The molecule has 0 atom stereocenters. The summed E-state index contributed by atoms with van der Waals surface area (Å²) in [5, 5.41) is 0. The maximum atomic E-state index is 13.3. The molecule has 0 aliphatic heterocycles. The van der Waals surface area contributed by atoms with Gasteiger partial charge < -0.3 is 10.5 Å². The summed E-state index contributed by atoms with van der Waals surface area (Å²) in [6.45, 7) is 2.24. The molecule has 2 N–H and O–H groups in total. The lowest BCUT2D eigenvalue weighted by Gasteiger charge is -2.10. The van der Waals surface area contributed by atoms with Gasteiger partial charge in [-0.1, -0.05) is 24.3 Å². The van der Waals surface area contributed by atoms with Crippen molar-refractivity contribution >= 4 is 5.69 Å². The first kappa shape index (κ1) is 11.5. The van der Waals surface area contributed by atoms with Gasteiger partial charge >= 0.3 is 0 Å². The van der Waals surface area contributed by atoms with Gasteiger partial charge in [0, 0.05) is 5.69 Å². The molecule has 2 aromatic rings. The van der Waals surface area contributed by atoms with E-state index >= 15 is 0 Å². The Morgan fingerprint density at radius 3 is 2.65 bits per heavy atom. The van der Waals surface area contributed by atoms with Gasteiger partial charge in [0.05, 0.1) is 0 Å². The van der Waals surface area contributed by atoms with E-state index in [1.54, 1.807) is 18.2 Å². The van der Waals surface area contributed by atoms with Crippen LogP contribution in [0.4, 0.5) is 10.1 Å². The van der Waals surface area contributed by atoms with Gasteiger partial charge in [0.2, 0.25) is 0 Å². The molecule has 2 aromatic carbocycles. The van der Waals surface area contributed by atoms with Crippen LogP contribution < -0.4 is 10.5 Å². The molecule has 0 spiro atoms. The molecule has 0 bridgehead atoms. The molecule has 0 amide bonds. The molecule has 88 valence electrons. The Balaban J connectivity index is 2.13. The molecule has 0 saturated heterocycles. The lowest BCUT2D eigenvalue weighted by Crippen LogP contribution is -2.01. The SMILES string of the molecule is Cc1c(N)cccc1COc1ccccc1F. The smallest absolute Gasteiger partial charge is 0.165 e. The van der Waals surface area contributed by atoms with E-state index < -0.39 is 0 Å². The summed E-state index contributed by atoms with van der Waals surface area (Å²) in [7, 11) is 0. The Morgan fingerprint density at radius 2 is 1.88 bits per heavy atom. The number of hydrogen-bond donors (Lipinski definition) is 1. The first-order chi connectivity index (χ1) is 8.18. The van der Waals surface area contributed by atoms with E-state index in [-0.39, 0.29) is 11.6 Å². The highest BCUT2D eigenvalue weighted by Gasteiger charge is 2.05. The summed E-state index contributed by atoms with van der Waals surface area (Å²) in [6, 6.07) is 12.0. The van der Waals surface area contributed by atoms with Gasteiger partial charge in [-0.3, -0.25) is 0 Å². The van der Waals surface area contributed by atoms with Crippen LogP contribution in [0.3, 0.4) is 0 Å². The van der Waals surface area contributed by atoms with Crippen LogP contribution in [-0.2, 0) is 6.61 Å². The largest absolute Gasteiger partial charge is 0.486 e. The van der Waals surface area contributed by atoms with E-state index in [4.69, 9.17) is 10.5 Å². The van der Waals surface area contributed by atoms with Gasteiger partial charge in [0.1, 0.15) is 6.61 Å². The van der Waals surface area contributed by atoms with Crippen molar-refractivity contribution in [3.63, 3.8) is 0 Å².